The zero-order valence-electron chi connectivity index (χ0n) is 16.8. The Bertz CT molecular complexity index is 1140. The molecule has 2 heterocycles. The Morgan fingerprint density at radius 1 is 1.07 bits per heavy atom. The molecule has 5 nitrogen and oxygen atoms in total. The number of carbonyl (C=O) groups excluding carboxylic acids is 1. The molecule has 0 radical (unpaired) electrons. The van der Waals surface area contributed by atoms with Crippen molar-refractivity contribution >= 4 is 34.7 Å². The molecule has 0 aliphatic carbocycles. The van der Waals surface area contributed by atoms with Crippen LogP contribution in [0.4, 0.5) is 5.69 Å². The first kappa shape index (κ1) is 20.4. The second-order valence-electron chi connectivity index (χ2n) is 6.98. The van der Waals surface area contributed by atoms with Gasteiger partial charge in [0, 0.05) is 22.7 Å². The molecule has 0 saturated heterocycles. The summed E-state index contributed by atoms with van der Waals surface area (Å²) in [4.78, 5) is 13.8. The first-order chi connectivity index (χ1) is 14.6. The second-order valence-corrected chi connectivity index (χ2v) is 8.96. The van der Waals surface area contributed by atoms with E-state index in [4.69, 9.17) is 0 Å². The lowest BCUT2D eigenvalue weighted by atomic mass is 10.1. The second kappa shape index (κ2) is 9.28. The van der Waals surface area contributed by atoms with Crippen molar-refractivity contribution in [1.82, 2.24) is 14.8 Å². The van der Waals surface area contributed by atoms with Crippen LogP contribution in [0.5, 0.6) is 0 Å². The minimum absolute atomic E-state index is 0.0608. The number of aryl methyl sites for hydroxylation is 2. The van der Waals surface area contributed by atoms with Crippen molar-refractivity contribution in [2.75, 3.05) is 11.1 Å². The number of rotatable bonds is 7. The SMILES string of the molecule is Cc1ccc(NC(=O)CSc2nnc(Cc3cccs3)n2-c2ccccc2)c(C)c1. The van der Waals surface area contributed by atoms with Crippen LogP contribution in [0.2, 0.25) is 0 Å². The van der Waals surface area contributed by atoms with Crippen LogP contribution >= 0.6 is 23.1 Å². The van der Waals surface area contributed by atoms with Gasteiger partial charge in [0.1, 0.15) is 5.82 Å². The third-order valence-electron chi connectivity index (χ3n) is 4.62. The van der Waals surface area contributed by atoms with E-state index in [1.807, 2.05) is 66.9 Å². The van der Waals surface area contributed by atoms with Crippen molar-refractivity contribution in [3.63, 3.8) is 0 Å². The maximum absolute atomic E-state index is 12.5. The number of thiophene rings is 1. The van der Waals surface area contributed by atoms with Gasteiger partial charge in [0.15, 0.2) is 5.16 Å². The lowest BCUT2D eigenvalue weighted by Crippen LogP contribution is -2.15. The van der Waals surface area contributed by atoms with Gasteiger partial charge in [-0.1, -0.05) is 53.7 Å². The van der Waals surface area contributed by atoms with E-state index in [0.717, 1.165) is 22.8 Å². The molecule has 2 aromatic carbocycles. The molecule has 0 aliphatic heterocycles. The van der Waals surface area contributed by atoms with Crippen molar-refractivity contribution in [3.05, 3.63) is 87.9 Å². The van der Waals surface area contributed by atoms with Crippen LogP contribution in [-0.4, -0.2) is 26.4 Å². The van der Waals surface area contributed by atoms with Crippen molar-refractivity contribution in [2.45, 2.75) is 25.4 Å². The summed E-state index contributed by atoms with van der Waals surface area (Å²) in [5.41, 5.74) is 4.06. The van der Waals surface area contributed by atoms with Gasteiger partial charge < -0.3 is 5.32 Å². The molecule has 0 aliphatic rings. The highest BCUT2D eigenvalue weighted by Crippen LogP contribution is 2.25. The Morgan fingerprint density at radius 2 is 1.90 bits per heavy atom. The highest BCUT2D eigenvalue weighted by Gasteiger charge is 2.17. The van der Waals surface area contributed by atoms with Crippen molar-refractivity contribution in [1.29, 1.82) is 0 Å². The highest BCUT2D eigenvalue weighted by atomic mass is 32.2. The number of anilines is 1. The Balaban J connectivity index is 1.52. The standard InChI is InChI=1S/C23H22N4OS2/c1-16-10-11-20(17(2)13-16)24-22(28)15-30-23-26-25-21(14-19-9-6-12-29-19)27(23)18-7-4-3-5-8-18/h3-13H,14-15H2,1-2H3,(H,24,28). The summed E-state index contributed by atoms with van der Waals surface area (Å²) in [6.45, 7) is 4.04. The monoisotopic (exact) mass is 434 g/mol. The number of nitrogens with zero attached hydrogens (tertiary/aromatic N) is 3. The molecule has 0 unspecified atom stereocenters. The number of carbonyl (C=O) groups is 1. The van der Waals surface area contributed by atoms with Gasteiger partial charge in [-0.3, -0.25) is 9.36 Å². The van der Waals surface area contributed by atoms with E-state index >= 15 is 0 Å². The summed E-state index contributed by atoms with van der Waals surface area (Å²) >= 11 is 3.09. The molecule has 4 aromatic rings. The van der Waals surface area contributed by atoms with Crippen LogP contribution in [0.1, 0.15) is 21.8 Å². The normalized spacial score (nSPS) is 10.9. The number of aromatic nitrogens is 3. The predicted molar refractivity (Wildman–Crippen MR) is 124 cm³/mol. The lowest BCUT2D eigenvalue weighted by Gasteiger charge is -2.11. The van der Waals surface area contributed by atoms with E-state index in [-0.39, 0.29) is 11.7 Å². The Labute approximate surface area is 184 Å². The van der Waals surface area contributed by atoms with Gasteiger partial charge in [0.05, 0.1) is 5.75 Å². The van der Waals surface area contributed by atoms with Crippen LogP contribution in [0.3, 0.4) is 0 Å². The van der Waals surface area contributed by atoms with E-state index < -0.39 is 0 Å². The fraction of sp³-hybridized carbons (Fsp3) is 0.174. The molecule has 1 N–H and O–H groups in total. The van der Waals surface area contributed by atoms with Gasteiger partial charge in [0.25, 0.3) is 0 Å². The summed E-state index contributed by atoms with van der Waals surface area (Å²) in [5.74, 6) is 1.06. The molecule has 7 heteroatoms. The molecule has 0 spiro atoms. The van der Waals surface area contributed by atoms with E-state index in [1.165, 1.54) is 22.2 Å². The number of nitrogens with one attached hydrogen (secondary N) is 1. The summed E-state index contributed by atoms with van der Waals surface area (Å²) < 4.78 is 2.04. The van der Waals surface area contributed by atoms with Gasteiger partial charge >= 0.3 is 0 Å². The van der Waals surface area contributed by atoms with Crippen LogP contribution < -0.4 is 5.32 Å². The number of benzene rings is 2. The number of hydrogen-bond donors (Lipinski definition) is 1. The number of thioether (sulfide) groups is 1. The molecular formula is C23H22N4OS2. The topological polar surface area (TPSA) is 59.8 Å². The van der Waals surface area contributed by atoms with Gasteiger partial charge in [-0.15, -0.1) is 21.5 Å². The number of para-hydroxylation sites is 1. The molecular weight excluding hydrogens is 412 g/mol. The van der Waals surface area contributed by atoms with E-state index in [9.17, 15) is 4.79 Å². The predicted octanol–water partition coefficient (Wildman–Crippen LogP) is 5.27. The fourth-order valence-corrected chi connectivity index (χ4v) is 4.66. The molecule has 0 saturated carbocycles. The maximum atomic E-state index is 12.5. The molecule has 0 fully saturated rings. The van der Waals surface area contributed by atoms with Gasteiger partial charge in [-0.2, -0.15) is 0 Å². The third-order valence-corrected chi connectivity index (χ3v) is 6.42. The Morgan fingerprint density at radius 3 is 2.63 bits per heavy atom. The van der Waals surface area contributed by atoms with E-state index in [2.05, 4.69) is 33.0 Å². The van der Waals surface area contributed by atoms with Gasteiger partial charge in [-0.25, -0.2) is 0 Å². The molecule has 4 rings (SSSR count). The van der Waals surface area contributed by atoms with Crippen LogP contribution in [0.25, 0.3) is 5.69 Å². The van der Waals surface area contributed by atoms with Crippen molar-refractivity contribution < 1.29 is 4.79 Å². The summed E-state index contributed by atoms with van der Waals surface area (Å²) in [6, 6.07) is 20.2. The summed E-state index contributed by atoms with van der Waals surface area (Å²) in [6.07, 6.45) is 0.703. The average molecular weight is 435 g/mol. The Hall–Kier alpha value is -2.90. The minimum atomic E-state index is -0.0608. The third kappa shape index (κ3) is 4.80. The van der Waals surface area contributed by atoms with Crippen LogP contribution in [-0.2, 0) is 11.2 Å². The van der Waals surface area contributed by atoms with E-state index in [0.29, 0.717) is 11.6 Å². The summed E-state index contributed by atoms with van der Waals surface area (Å²) in [5, 5.41) is 14.6. The zero-order chi connectivity index (χ0) is 20.9. The van der Waals surface area contributed by atoms with E-state index in [1.54, 1.807) is 11.3 Å². The molecule has 0 atom stereocenters. The van der Waals surface area contributed by atoms with Crippen LogP contribution in [0.15, 0.2) is 71.2 Å². The molecule has 1 amide bonds. The number of amides is 1. The van der Waals surface area contributed by atoms with Crippen molar-refractivity contribution in [2.24, 2.45) is 0 Å². The lowest BCUT2D eigenvalue weighted by molar-refractivity contribution is -0.113. The first-order valence-corrected chi connectivity index (χ1v) is 11.5. The zero-order valence-corrected chi connectivity index (χ0v) is 18.5. The van der Waals surface area contributed by atoms with Crippen molar-refractivity contribution in [3.8, 4) is 5.69 Å². The molecule has 0 bridgehead atoms. The molecule has 152 valence electrons. The largest absolute Gasteiger partial charge is 0.325 e. The van der Waals surface area contributed by atoms with Gasteiger partial charge in [-0.05, 0) is 49.1 Å². The van der Waals surface area contributed by atoms with Crippen LogP contribution in [0, 0.1) is 13.8 Å². The minimum Gasteiger partial charge on any atom is -0.325 e. The van der Waals surface area contributed by atoms with Gasteiger partial charge in [0.2, 0.25) is 5.91 Å². The fourth-order valence-electron chi connectivity index (χ4n) is 3.18. The molecule has 30 heavy (non-hydrogen) atoms. The smallest absolute Gasteiger partial charge is 0.234 e. The highest BCUT2D eigenvalue weighted by molar-refractivity contribution is 7.99. The maximum Gasteiger partial charge on any atom is 0.234 e. The Kier molecular flexibility index (Phi) is 6.30. The summed E-state index contributed by atoms with van der Waals surface area (Å²) in [7, 11) is 0. The first-order valence-electron chi connectivity index (χ1n) is 9.62. The molecule has 2 aromatic heterocycles. The average Bonchev–Trinajstić information content (AvgIpc) is 3.39. The number of hydrogen-bond acceptors (Lipinski definition) is 5. The quantitative estimate of drug-likeness (QED) is 0.403.